The summed E-state index contributed by atoms with van der Waals surface area (Å²) in [6, 6.07) is 11.0. The summed E-state index contributed by atoms with van der Waals surface area (Å²) in [5.41, 5.74) is 0. The van der Waals surface area contributed by atoms with Gasteiger partial charge in [-0.2, -0.15) is 36.4 Å². The number of hydrogen-bond donors (Lipinski definition) is 0. The number of aromatic nitrogens is 2. The van der Waals surface area contributed by atoms with E-state index in [0.29, 0.717) is 0 Å². The number of hydrogen-bond acceptors (Lipinski definition) is 7. The number of ether oxygens (including phenoxy) is 5. The van der Waals surface area contributed by atoms with E-state index in [9.17, 15) is 0 Å². The number of rotatable bonds is 0. The van der Waals surface area contributed by atoms with Crippen LogP contribution in [0.15, 0.2) is 48.8 Å². The number of halogens is 2. The van der Waals surface area contributed by atoms with E-state index in [4.69, 9.17) is 23.7 Å². The molecule has 0 bridgehead atoms. The Labute approximate surface area is 302 Å². The van der Waals surface area contributed by atoms with Crippen LogP contribution in [0.2, 0.25) is 0 Å². The molecule has 2 aromatic rings. The summed E-state index contributed by atoms with van der Waals surface area (Å²) >= 11 is 0. The second kappa shape index (κ2) is 45.0. The van der Waals surface area contributed by atoms with Crippen LogP contribution < -0.4 is 34.0 Å². The first kappa shape index (κ1) is 48.5. The standard InChI is InChI=1S/2C5H4N.5C4H8O.2BrH.2Mg/c2*1-2-4-6-5-3-1;5*1-2-4-5-3-1;;;;/h2*1-4H;5*1-4H2;2*1H;;/q2*-1;;;;;;;;2*+2/p-2. The maximum absolute atomic E-state index is 4.94. The van der Waals surface area contributed by atoms with Gasteiger partial charge < -0.3 is 67.6 Å². The summed E-state index contributed by atoms with van der Waals surface area (Å²) in [5, 5.41) is 0. The van der Waals surface area contributed by atoms with Crippen molar-refractivity contribution in [1.82, 2.24) is 9.97 Å². The van der Waals surface area contributed by atoms with Gasteiger partial charge in [0.05, 0.1) is 0 Å². The molecule has 2 aromatic heterocycles. The Hall–Kier alpha value is 0.592. The van der Waals surface area contributed by atoms with Crippen LogP contribution in [-0.4, -0.2) is 122 Å². The fraction of sp³-hybridized carbons (Fsp3) is 0.667. The molecule has 0 unspecified atom stereocenters. The molecule has 0 saturated carbocycles. The van der Waals surface area contributed by atoms with Crippen molar-refractivity contribution >= 4 is 46.1 Å². The Morgan fingerprint density at radius 3 is 0.634 bits per heavy atom. The fourth-order valence-electron chi connectivity index (χ4n) is 3.11. The average Bonchev–Trinajstić information content (AvgIpc) is 3.84. The molecule has 41 heavy (non-hydrogen) atoms. The van der Waals surface area contributed by atoms with Gasteiger partial charge in [-0.3, -0.25) is 0 Å². The minimum atomic E-state index is 0. The summed E-state index contributed by atoms with van der Waals surface area (Å²) in [4.78, 5) is 7.32. The van der Waals surface area contributed by atoms with Crippen molar-refractivity contribution in [3.05, 3.63) is 61.2 Å². The topological polar surface area (TPSA) is 71.9 Å². The molecule has 7 nitrogen and oxygen atoms in total. The van der Waals surface area contributed by atoms with Gasteiger partial charge in [0.15, 0.2) is 0 Å². The van der Waals surface area contributed by atoms with Gasteiger partial charge in [0, 0.05) is 66.1 Å². The van der Waals surface area contributed by atoms with Crippen LogP contribution >= 0.6 is 0 Å². The minimum Gasteiger partial charge on any atom is -1.00 e. The summed E-state index contributed by atoms with van der Waals surface area (Å²) < 4.78 is 24.7. The average molecular weight is 725 g/mol. The second-order valence-corrected chi connectivity index (χ2v) is 8.52. The van der Waals surface area contributed by atoms with Crippen molar-refractivity contribution in [3.63, 3.8) is 0 Å². The smallest absolute Gasteiger partial charge is 1.00 e. The minimum absolute atomic E-state index is 0. The van der Waals surface area contributed by atoms with Gasteiger partial charge >= 0.3 is 46.1 Å². The second-order valence-electron chi connectivity index (χ2n) is 8.52. The van der Waals surface area contributed by atoms with Crippen LogP contribution in [0, 0.1) is 12.4 Å². The normalized spacial score (nSPS) is 17.0. The van der Waals surface area contributed by atoms with Crippen molar-refractivity contribution in [2.24, 2.45) is 0 Å². The Morgan fingerprint density at radius 1 is 0.366 bits per heavy atom. The van der Waals surface area contributed by atoms with Crippen LogP contribution in [-0.2, 0) is 23.7 Å². The molecule has 5 fully saturated rings. The third kappa shape index (κ3) is 42.8. The summed E-state index contributed by atoms with van der Waals surface area (Å²) in [6.07, 6.45) is 21.5. The van der Waals surface area contributed by atoms with Crippen LogP contribution in [0.3, 0.4) is 0 Å². The SMILES string of the molecule is C1CCOC1.C1CCOC1.C1CCOC1.C1CCOC1.C1CCOC1.[Br-].[Br-].[Mg+2].[Mg+2].[c-]1ccccn1.[c-]1ccccn1. The molecule has 0 aliphatic carbocycles. The van der Waals surface area contributed by atoms with Gasteiger partial charge in [-0.15, -0.1) is 0 Å². The Kier molecular flexibility index (Phi) is 53.3. The first-order valence-electron chi connectivity index (χ1n) is 13.9. The van der Waals surface area contributed by atoms with Gasteiger partial charge in [-0.1, -0.05) is 24.8 Å². The van der Waals surface area contributed by atoms with Gasteiger partial charge in [-0.05, 0) is 64.2 Å². The van der Waals surface area contributed by atoms with Gasteiger partial charge in [0.25, 0.3) is 0 Å². The zero-order valence-electron chi connectivity index (χ0n) is 24.9. The molecule has 11 heteroatoms. The van der Waals surface area contributed by atoms with E-state index in [1.807, 2.05) is 24.3 Å². The zero-order chi connectivity index (χ0) is 26.2. The zero-order valence-corrected chi connectivity index (χ0v) is 30.9. The number of nitrogens with zero attached hydrogens (tertiary/aromatic N) is 2. The van der Waals surface area contributed by atoms with Crippen LogP contribution in [0.25, 0.3) is 0 Å². The summed E-state index contributed by atoms with van der Waals surface area (Å²) in [6.45, 7) is 10.0. The van der Waals surface area contributed by atoms with Crippen molar-refractivity contribution < 1.29 is 57.6 Å². The molecule has 5 saturated heterocycles. The maximum atomic E-state index is 4.94. The van der Waals surface area contributed by atoms with Crippen LogP contribution in [0.4, 0.5) is 0 Å². The number of pyridine rings is 2. The molecule has 7 rings (SSSR count). The van der Waals surface area contributed by atoms with E-state index in [1.165, 1.54) is 64.2 Å². The van der Waals surface area contributed by atoms with Gasteiger partial charge in [-0.25, -0.2) is 0 Å². The van der Waals surface area contributed by atoms with E-state index in [-0.39, 0.29) is 80.1 Å². The molecule has 0 spiro atoms. The molecule has 0 N–H and O–H groups in total. The van der Waals surface area contributed by atoms with Crippen molar-refractivity contribution in [2.45, 2.75) is 64.2 Å². The summed E-state index contributed by atoms with van der Waals surface area (Å²) in [7, 11) is 0. The van der Waals surface area contributed by atoms with Crippen molar-refractivity contribution in [1.29, 1.82) is 0 Å². The molecular formula is C30H48Br2Mg2N2O5. The molecule has 5 aliphatic rings. The Bertz CT molecular complexity index is 458. The van der Waals surface area contributed by atoms with E-state index >= 15 is 0 Å². The molecule has 5 aliphatic heterocycles. The predicted octanol–water partition coefficient (Wildman–Crippen LogP) is -1.01. The maximum Gasteiger partial charge on any atom is 2.00 e. The van der Waals surface area contributed by atoms with Crippen LogP contribution in [0.1, 0.15) is 64.2 Å². The third-order valence-corrected chi connectivity index (χ3v) is 5.17. The molecular weight excluding hydrogens is 677 g/mol. The Morgan fingerprint density at radius 2 is 0.585 bits per heavy atom. The Balaban J connectivity index is -0.000000192. The third-order valence-electron chi connectivity index (χ3n) is 5.17. The largest absolute Gasteiger partial charge is 2.00 e. The van der Waals surface area contributed by atoms with E-state index in [2.05, 4.69) is 22.4 Å². The first-order valence-corrected chi connectivity index (χ1v) is 13.9. The predicted molar refractivity (Wildman–Crippen MR) is 158 cm³/mol. The van der Waals surface area contributed by atoms with Crippen molar-refractivity contribution in [2.75, 3.05) is 66.1 Å². The van der Waals surface area contributed by atoms with E-state index < -0.39 is 0 Å². The molecule has 7 heterocycles. The quantitative estimate of drug-likeness (QED) is 0.255. The molecule has 0 amide bonds. The van der Waals surface area contributed by atoms with E-state index in [0.717, 1.165) is 66.1 Å². The van der Waals surface area contributed by atoms with Crippen LogP contribution in [0.5, 0.6) is 0 Å². The molecule has 0 atom stereocenters. The fourth-order valence-corrected chi connectivity index (χ4v) is 3.11. The first-order chi connectivity index (χ1) is 18.5. The van der Waals surface area contributed by atoms with Gasteiger partial charge in [0.2, 0.25) is 0 Å². The monoisotopic (exact) mass is 722 g/mol. The summed E-state index contributed by atoms with van der Waals surface area (Å²) in [5.74, 6) is 0. The molecule has 226 valence electrons. The van der Waals surface area contributed by atoms with Crippen molar-refractivity contribution in [3.8, 4) is 0 Å². The molecule has 0 radical (unpaired) electrons. The molecule has 0 aromatic carbocycles. The van der Waals surface area contributed by atoms with E-state index in [1.54, 1.807) is 24.5 Å². The van der Waals surface area contributed by atoms with Gasteiger partial charge in [0.1, 0.15) is 0 Å².